The number of nitrogens with one attached hydrogen (secondary N) is 1. The number of aromatic amines is 1. The molecule has 2 aromatic rings. The number of amides is 1. The molecule has 1 N–H and O–H groups in total. The molecule has 120 valence electrons. The number of hydrogen-bond acceptors (Lipinski definition) is 4. The van der Waals surface area contributed by atoms with Gasteiger partial charge in [0.2, 0.25) is 0 Å². The SMILES string of the molecule is [2H]C([2H])([N+]#[C-])C(=O)N1C([2H])([2H])[C@H](N(c2ncnc3[nH]ccc23)C([2H])([2H])[2H])[C@H](C([2H])([2H])[2H])C([2H])([2H])C1([2H])[2H]. The molecular formula is C16H20N6O. The van der Waals surface area contributed by atoms with Gasteiger partial charge in [-0.15, -0.1) is 0 Å². The molecule has 0 aromatic carbocycles. The number of carbonyl (C=O) groups excluding carboxylic acids is 1. The summed E-state index contributed by atoms with van der Waals surface area (Å²) < 4.78 is 114. The van der Waals surface area contributed by atoms with E-state index < -0.39 is 68.3 Å². The number of rotatable bonds is 3. The lowest BCUT2D eigenvalue weighted by atomic mass is 9.92. The minimum absolute atomic E-state index is 0.0396. The molecule has 0 radical (unpaired) electrons. The highest BCUT2D eigenvalue weighted by Crippen LogP contribution is 2.28. The molecule has 0 saturated carbocycles. The first-order valence-corrected chi connectivity index (χ1v) is 6.35. The maximum absolute atomic E-state index is 13.0. The standard InChI is InChI=1S/C16H20N6O/c1-11-5-7-22(14(23)8-17-2)9-13(11)21(3)16-12-4-6-18-15(12)19-10-20-16/h4,6,10-11,13H,5,7-9H2,1,3H3,(H,18,19,20)/t11-,13+/m1/s1/i1D3,3D3,5D2,7D2,8D2,9D2. The lowest BCUT2D eigenvalue weighted by Crippen LogP contribution is -2.53. The molecule has 7 nitrogen and oxygen atoms in total. The van der Waals surface area contributed by atoms with Gasteiger partial charge in [-0.05, 0) is 18.4 Å². The average Bonchev–Trinajstić information content (AvgIpc) is 3.19. The number of likely N-dealkylation sites (tertiary alicyclic amines) is 1. The van der Waals surface area contributed by atoms with E-state index in [0.717, 1.165) is 6.33 Å². The van der Waals surface area contributed by atoms with E-state index in [-0.39, 0.29) is 15.9 Å². The van der Waals surface area contributed by atoms with Crippen molar-refractivity contribution in [2.24, 2.45) is 5.92 Å². The van der Waals surface area contributed by atoms with Crippen molar-refractivity contribution in [2.45, 2.75) is 19.3 Å². The first kappa shape index (κ1) is 5.78. The molecule has 1 aliphatic heterocycles. The molecule has 0 spiro atoms. The summed E-state index contributed by atoms with van der Waals surface area (Å²) in [5, 5.41) is -0.0396. The highest BCUT2D eigenvalue weighted by molar-refractivity contribution is 5.87. The van der Waals surface area contributed by atoms with Gasteiger partial charge in [0.15, 0.2) is 0 Å². The van der Waals surface area contributed by atoms with Crippen LogP contribution in [-0.2, 0) is 4.79 Å². The van der Waals surface area contributed by atoms with Crippen molar-refractivity contribution in [3.05, 3.63) is 30.0 Å². The van der Waals surface area contributed by atoms with Gasteiger partial charge in [0.1, 0.15) is 20.5 Å². The zero-order chi connectivity index (χ0) is 28.6. The minimum Gasteiger partial charge on any atom is -0.354 e. The van der Waals surface area contributed by atoms with E-state index in [4.69, 9.17) is 25.8 Å². The molecule has 1 aliphatic rings. The topological polar surface area (TPSA) is 69.5 Å². The summed E-state index contributed by atoms with van der Waals surface area (Å²) in [5.41, 5.74) is 0.0525. The van der Waals surface area contributed by atoms with Gasteiger partial charge in [0.05, 0.1) is 14.2 Å². The van der Waals surface area contributed by atoms with Gasteiger partial charge in [0, 0.05) is 39.9 Å². The molecule has 7 heteroatoms. The first-order chi connectivity index (χ1) is 16.5. The fourth-order valence-electron chi connectivity index (χ4n) is 2.05. The van der Waals surface area contributed by atoms with Gasteiger partial charge in [-0.25, -0.2) is 16.5 Å². The predicted molar refractivity (Wildman–Crippen MR) is 87.9 cm³/mol. The smallest absolute Gasteiger partial charge is 0.302 e. The second-order valence-corrected chi connectivity index (χ2v) is 4.48. The van der Waals surface area contributed by atoms with Crippen LogP contribution in [0.1, 0.15) is 32.4 Å². The second-order valence-electron chi connectivity index (χ2n) is 4.48. The van der Waals surface area contributed by atoms with Crippen molar-refractivity contribution >= 4 is 22.8 Å². The Kier molecular flexibility index (Phi) is 1.57. The van der Waals surface area contributed by atoms with Crippen molar-refractivity contribution in [3.63, 3.8) is 0 Å². The predicted octanol–water partition coefficient (Wildman–Crippen LogP) is 1.55. The average molecular weight is 326 g/mol. The molecule has 3 heterocycles. The fourth-order valence-corrected chi connectivity index (χ4v) is 2.05. The van der Waals surface area contributed by atoms with Crippen LogP contribution >= 0.6 is 0 Å². The normalized spacial score (nSPS) is 38.5. The van der Waals surface area contributed by atoms with Gasteiger partial charge in [-0.3, -0.25) is 4.79 Å². The Hall–Kier alpha value is -2.62. The third-order valence-corrected chi connectivity index (χ3v) is 3.10. The summed E-state index contributed by atoms with van der Waals surface area (Å²) in [5.74, 6) is -5.47. The van der Waals surface area contributed by atoms with Crippen molar-refractivity contribution in [2.75, 3.05) is 31.4 Å². The summed E-state index contributed by atoms with van der Waals surface area (Å²) >= 11 is 0. The number of nitrogens with zero attached hydrogens (tertiary/aromatic N) is 5. The number of fused-ring (bicyclic) bond motifs is 1. The van der Waals surface area contributed by atoms with Crippen LogP contribution in [0, 0.1) is 12.5 Å². The van der Waals surface area contributed by atoms with E-state index in [1.54, 1.807) is 0 Å². The van der Waals surface area contributed by atoms with E-state index in [0.29, 0.717) is 0 Å². The Bertz CT molecular complexity index is 1250. The number of aromatic nitrogens is 3. The summed E-state index contributed by atoms with van der Waals surface area (Å²) in [6.07, 6.45) is -1.49. The molecule has 1 amide bonds. The van der Waals surface area contributed by atoms with Gasteiger partial charge >= 0.3 is 5.91 Å². The van der Waals surface area contributed by atoms with E-state index >= 15 is 0 Å². The van der Waals surface area contributed by atoms with Crippen molar-refractivity contribution in [1.82, 2.24) is 19.9 Å². The van der Waals surface area contributed by atoms with Crippen LogP contribution in [0.5, 0.6) is 0 Å². The van der Waals surface area contributed by atoms with E-state index in [9.17, 15) is 4.79 Å². The van der Waals surface area contributed by atoms with Crippen molar-refractivity contribution in [1.29, 1.82) is 0 Å². The number of piperidine rings is 1. The molecule has 3 rings (SSSR count). The Labute approximate surface area is 154 Å². The van der Waals surface area contributed by atoms with Crippen LogP contribution < -0.4 is 4.90 Å². The van der Waals surface area contributed by atoms with Crippen LogP contribution in [0.2, 0.25) is 0 Å². The summed E-state index contributed by atoms with van der Waals surface area (Å²) in [7, 11) is 0. The molecule has 1 saturated heterocycles. The number of likely N-dealkylation sites (N-methyl/N-ethyl adjacent to an activating group) is 1. The Morgan fingerprint density at radius 1 is 1.74 bits per heavy atom. The number of carbonyl (C=O) groups is 1. The molecule has 0 unspecified atom stereocenters. The Balaban J connectivity index is 2.47. The van der Waals surface area contributed by atoms with E-state index in [2.05, 4.69) is 19.8 Å². The van der Waals surface area contributed by atoms with Crippen LogP contribution in [0.4, 0.5) is 5.82 Å². The highest BCUT2D eigenvalue weighted by Gasteiger charge is 2.33. The van der Waals surface area contributed by atoms with Gasteiger partial charge < -0.3 is 19.6 Å². The van der Waals surface area contributed by atoms with Crippen molar-refractivity contribution in [3.8, 4) is 0 Å². The molecule has 0 bridgehead atoms. The number of anilines is 1. The minimum atomic E-state index is -3.85. The number of H-pyrrole nitrogens is 1. The van der Waals surface area contributed by atoms with Crippen LogP contribution in [0.15, 0.2) is 18.6 Å². The van der Waals surface area contributed by atoms with Gasteiger partial charge in [-0.1, -0.05) is 6.85 Å². The number of hydrogen-bond donors (Lipinski definition) is 1. The van der Waals surface area contributed by atoms with Crippen LogP contribution in [-0.4, -0.2) is 58.3 Å². The molecule has 2 atom stereocenters. The Morgan fingerprint density at radius 3 is 3.43 bits per heavy atom. The quantitative estimate of drug-likeness (QED) is 0.869. The zero-order valence-corrected chi connectivity index (χ0v) is 11.5. The largest absolute Gasteiger partial charge is 0.354 e. The second kappa shape index (κ2) is 6.24. The molecular weight excluding hydrogens is 292 g/mol. The summed E-state index contributed by atoms with van der Waals surface area (Å²) in [6.45, 7) is -11.2. The first-order valence-electron chi connectivity index (χ1n) is 13.4. The van der Waals surface area contributed by atoms with Crippen LogP contribution in [0.25, 0.3) is 15.9 Å². The van der Waals surface area contributed by atoms with Gasteiger partial charge in [0.25, 0.3) is 6.50 Å². The lowest BCUT2D eigenvalue weighted by Gasteiger charge is -2.41. The molecule has 2 aromatic heterocycles. The third-order valence-electron chi connectivity index (χ3n) is 3.10. The van der Waals surface area contributed by atoms with E-state index in [1.807, 2.05) is 0 Å². The van der Waals surface area contributed by atoms with Crippen LogP contribution in [0.3, 0.4) is 0 Å². The summed E-state index contributed by atoms with van der Waals surface area (Å²) in [4.78, 5) is 25.5. The maximum atomic E-state index is 13.0. The maximum Gasteiger partial charge on any atom is 0.302 e. The highest BCUT2D eigenvalue weighted by atomic mass is 16.2. The lowest BCUT2D eigenvalue weighted by molar-refractivity contribution is -0.130. The van der Waals surface area contributed by atoms with Gasteiger partial charge in [-0.2, -0.15) is 0 Å². The Morgan fingerprint density at radius 2 is 2.65 bits per heavy atom. The van der Waals surface area contributed by atoms with E-state index in [1.165, 1.54) is 12.3 Å². The summed E-state index contributed by atoms with van der Waals surface area (Å²) in [6, 6.07) is -1.40. The fraction of sp³-hybridized carbons (Fsp3) is 0.500. The third kappa shape index (κ3) is 2.84. The van der Waals surface area contributed by atoms with Crippen molar-refractivity contribution < 1.29 is 24.0 Å². The molecule has 0 aliphatic carbocycles. The molecule has 1 fully saturated rings. The monoisotopic (exact) mass is 326 g/mol. The zero-order valence-electron chi connectivity index (χ0n) is 25.5. The molecule has 23 heavy (non-hydrogen) atoms.